The van der Waals surface area contributed by atoms with Gasteiger partial charge in [-0.2, -0.15) is 0 Å². The first-order valence-electron chi connectivity index (χ1n) is 6.55. The van der Waals surface area contributed by atoms with Crippen LogP contribution in [0.3, 0.4) is 0 Å². The Morgan fingerprint density at radius 3 is 2.73 bits per heavy atom. The van der Waals surface area contributed by atoms with Crippen molar-refractivity contribution in [2.24, 2.45) is 0 Å². The molecule has 22 heavy (non-hydrogen) atoms. The maximum absolute atomic E-state index is 13.6. The van der Waals surface area contributed by atoms with Gasteiger partial charge in [-0.15, -0.1) is 0 Å². The molecule has 0 amide bonds. The van der Waals surface area contributed by atoms with Gasteiger partial charge in [0.1, 0.15) is 18.2 Å². The number of ether oxygens (including phenoxy) is 1. The molecule has 3 N–H and O–H groups in total. The minimum atomic E-state index is -0.506. The lowest BCUT2D eigenvalue weighted by Crippen LogP contribution is -2.17. The van der Waals surface area contributed by atoms with Crippen LogP contribution in [0.5, 0.6) is 5.75 Å². The van der Waals surface area contributed by atoms with E-state index in [1.807, 2.05) is 0 Å². The number of halogens is 1. The number of hydrogen-bond donors (Lipinski definition) is 3. The van der Waals surface area contributed by atoms with Gasteiger partial charge in [0.15, 0.2) is 4.77 Å². The highest BCUT2D eigenvalue weighted by Gasteiger charge is 2.13. The smallest absolute Gasteiger partial charge is 0.252 e. The quantitative estimate of drug-likeness (QED) is 0.691. The predicted molar refractivity (Wildman–Crippen MR) is 80.9 cm³/mol. The van der Waals surface area contributed by atoms with E-state index in [1.165, 1.54) is 28.8 Å². The van der Waals surface area contributed by atoms with Gasteiger partial charge in [0.05, 0.1) is 18.9 Å². The summed E-state index contributed by atoms with van der Waals surface area (Å²) >= 11 is 5.08. The lowest BCUT2D eigenvalue weighted by molar-refractivity contribution is 0.201. The third-order valence-electron chi connectivity index (χ3n) is 2.92. The fraction of sp³-hybridized carbons (Fsp3) is 0.286. The molecule has 1 aromatic heterocycles. The number of nitrogens with zero attached hydrogens (tertiary/aromatic N) is 1. The molecule has 0 saturated heterocycles. The van der Waals surface area contributed by atoms with Crippen LogP contribution in [0.15, 0.2) is 29.1 Å². The van der Waals surface area contributed by atoms with Crippen molar-refractivity contribution in [1.82, 2.24) is 9.55 Å². The molecule has 0 fully saturated rings. The summed E-state index contributed by atoms with van der Waals surface area (Å²) in [5.74, 6) is -0.199. The number of hydrogen-bond acceptors (Lipinski definition) is 5. The first kappa shape index (κ1) is 16.3. The number of nitrogens with one attached hydrogen (secondary N) is 1. The van der Waals surface area contributed by atoms with Gasteiger partial charge in [0.2, 0.25) is 0 Å². The Kier molecular flexibility index (Phi) is 5.42. The SMILES string of the molecule is O=c1cc(-c2cc(F)ccc2OCCO)n(CCO)c(=S)[nH]1. The Morgan fingerprint density at radius 1 is 1.27 bits per heavy atom. The summed E-state index contributed by atoms with van der Waals surface area (Å²) in [6.07, 6.45) is 0. The van der Waals surface area contributed by atoms with E-state index < -0.39 is 11.4 Å². The van der Waals surface area contributed by atoms with Gasteiger partial charge in [-0.25, -0.2) is 4.39 Å². The van der Waals surface area contributed by atoms with Crippen LogP contribution in [-0.4, -0.2) is 39.6 Å². The van der Waals surface area contributed by atoms with E-state index in [0.717, 1.165) is 0 Å². The number of aliphatic hydroxyl groups is 2. The Bertz CT molecular complexity index is 772. The summed E-state index contributed by atoms with van der Waals surface area (Å²) in [7, 11) is 0. The average molecular weight is 326 g/mol. The minimum Gasteiger partial charge on any atom is -0.490 e. The standard InChI is InChI=1S/C14H15FN2O4S/c15-9-1-2-12(21-6-5-19)10(7-9)11-8-13(20)16-14(22)17(11)3-4-18/h1-2,7-8,18-19H,3-6H2,(H,16,20,22). The molecule has 0 bridgehead atoms. The highest BCUT2D eigenvalue weighted by molar-refractivity contribution is 7.71. The van der Waals surface area contributed by atoms with E-state index >= 15 is 0 Å². The summed E-state index contributed by atoms with van der Waals surface area (Å²) in [6.45, 7) is -0.228. The van der Waals surface area contributed by atoms with Crippen molar-refractivity contribution in [3.05, 3.63) is 45.2 Å². The third kappa shape index (κ3) is 3.59. The maximum Gasteiger partial charge on any atom is 0.252 e. The van der Waals surface area contributed by atoms with Crippen LogP contribution in [0.2, 0.25) is 0 Å². The summed E-state index contributed by atoms with van der Waals surface area (Å²) in [4.78, 5) is 14.1. The number of aliphatic hydroxyl groups excluding tert-OH is 2. The van der Waals surface area contributed by atoms with Gasteiger partial charge < -0.3 is 19.5 Å². The Labute approximate surface area is 130 Å². The van der Waals surface area contributed by atoms with Crippen LogP contribution in [-0.2, 0) is 6.54 Å². The van der Waals surface area contributed by atoms with Gasteiger partial charge in [0, 0.05) is 18.2 Å². The Balaban J connectivity index is 2.67. The fourth-order valence-corrected chi connectivity index (χ4v) is 2.34. The molecule has 6 nitrogen and oxygen atoms in total. The van der Waals surface area contributed by atoms with E-state index in [-0.39, 0.29) is 31.1 Å². The van der Waals surface area contributed by atoms with E-state index in [9.17, 15) is 9.18 Å². The molecule has 0 atom stereocenters. The van der Waals surface area contributed by atoms with Crippen molar-refractivity contribution in [3.63, 3.8) is 0 Å². The molecule has 8 heteroatoms. The van der Waals surface area contributed by atoms with E-state index in [1.54, 1.807) is 0 Å². The van der Waals surface area contributed by atoms with Crippen LogP contribution in [0.25, 0.3) is 11.3 Å². The van der Waals surface area contributed by atoms with Crippen LogP contribution in [0, 0.1) is 10.6 Å². The summed E-state index contributed by atoms with van der Waals surface area (Å²) in [6, 6.07) is 5.10. The monoisotopic (exact) mass is 326 g/mol. The number of benzene rings is 1. The Morgan fingerprint density at radius 2 is 2.05 bits per heavy atom. The molecule has 2 aromatic rings. The second-order valence-electron chi connectivity index (χ2n) is 4.41. The largest absolute Gasteiger partial charge is 0.490 e. The number of aromatic nitrogens is 2. The van der Waals surface area contributed by atoms with Gasteiger partial charge in [-0.1, -0.05) is 0 Å². The van der Waals surface area contributed by atoms with Crippen LogP contribution in [0.1, 0.15) is 0 Å². The molecule has 2 rings (SSSR count). The molecule has 0 aliphatic rings. The molecule has 0 aliphatic carbocycles. The highest BCUT2D eigenvalue weighted by Crippen LogP contribution is 2.30. The molecule has 0 spiro atoms. The van der Waals surface area contributed by atoms with E-state index in [0.29, 0.717) is 17.0 Å². The lowest BCUT2D eigenvalue weighted by atomic mass is 10.1. The summed E-state index contributed by atoms with van der Waals surface area (Å²) in [5.41, 5.74) is 0.209. The van der Waals surface area contributed by atoms with Crippen LogP contribution in [0.4, 0.5) is 4.39 Å². The maximum atomic E-state index is 13.6. The minimum absolute atomic E-state index is 0.0303. The second-order valence-corrected chi connectivity index (χ2v) is 4.80. The molecule has 1 aromatic carbocycles. The van der Waals surface area contributed by atoms with E-state index in [2.05, 4.69) is 4.98 Å². The molecule has 0 radical (unpaired) electrons. The van der Waals surface area contributed by atoms with Crippen molar-refractivity contribution in [2.75, 3.05) is 19.8 Å². The first-order valence-corrected chi connectivity index (χ1v) is 6.96. The van der Waals surface area contributed by atoms with Crippen LogP contribution >= 0.6 is 12.2 Å². The van der Waals surface area contributed by atoms with Crippen molar-refractivity contribution in [2.45, 2.75) is 6.54 Å². The molecule has 1 heterocycles. The van der Waals surface area contributed by atoms with Crippen molar-refractivity contribution >= 4 is 12.2 Å². The van der Waals surface area contributed by atoms with E-state index in [4.69, 9.17) is 27.2 Å². The number of H-pyrrole nitrogens is 1. The second kappa shape index (κ2) is 7.30. The third-order valence-corrected chi connectivity index (χ3v) is 3.25. The molecule has 0 aliphatic heterocycles. The van der Waals surface area contributed by atoms with Crippen molar-refractivity contribution in [3.8, 4) is 17.0 Å². The van der Waals surface area contributed by atoms with Crippen molar-refractivity contribution in [1.29, 1.82) is 0 Å². The number of rotatable bonds is 6. The normalized spacial score (nSPS) is 10.7. The molecule has 0 saturated carbocycles. The molecule has 0 unspecified atom stereocenters. The molecular weight excluding hydrogens is 311 g/mol. The highest BCUT2D eigenvalue weighted by atomic mass is 32.1. The zero-order chi connectivity index (χ0) is 16.1. The average Bonchev–Trinajstić information content (AvgIpc) is 2.48. The zero-order valence-electron chi connectivity index (χ0n) is 11.6. The van der Waals surface area contributed by atoms with Crippen LogP contribution < -0.4 is 10.3 Å². The molecule has 118 valence electrons. The zero-order valence-corrected chi connectivity index (χ0v) is 12.4. The summed E-state index contributed by atoms with van der Waals surface area (Å²) < 4.78 is 20.6. The Hall–Kier alpha value is -2.03. The molecular formula is C14H15FN2O4S. The van der Waals surface area contributed by atoms with Gasteiger partial charge in [-0.3, -0.25) is 9.78 Å². The lowest BCUT2D eigenvalue weighted by Gasteiger charge is -2.16. The van der Waals surface area contributed by atoms with Gasteiger partial charge >= 0.3 is 0 Å². The fourth-order valence-electron chi connectivity index (χ4n) is 2.05. The summed E-state index contributed by atoms with van der Waals surface area (Å²) in [5, 5.41) is 18.0. The predicted octanol–water partition coefficient (Wildman–Crippen LogP) is 1.08. The number of aromatic amines is 1. The van der Waals surface area contributed by atoms with Gasteiger partial charge in [0.25, 0.3) is 5.56 Å². The topological polar surface area (TPSA) is 87.5 Å². The van der Waals surface area contributed by atoms with Gasteiger partial charge in [-0.05, 0) is 30.4 Å². The first-order chi connectivity index (χ1) is 10.6. The van der Waals surface area contributed by atoms with Crippen molar-refractivity contribution < 1.29 is 19.3 Å².